The van der Waals surface area contributed by atoms with Gasteiger partial charge in [0.15, 0.2) is 4.80 Å². The van der Waals surface area contributed by atoms with Gasteiger partial charge in [0.1, 0.15) is 11.5 Å². The lowest BCUT2D eigenvalue weighted by Gasteiger charge is -2.24. The van der Waals surface area contributed by atoms with Gasteiger partial charge >= 0.3 is 5.97 Å². The first kappa shape index (κ1) is 22.5. The maximum atomic E-state index is 13.5. The summed E-state index contributed by atoms with van der Waals surface area (Å²) in [4.78, 5) is 31.5. The average Bonchev–Trinajstić information content (AvgIpc) is 3.08. The van der Waals surface area contributed by atoms with E-state index < -0.39 is 12.0 Å². The van der Waals surface area contributed by atoms with Crippen molar-refractivity contribution in [3.63, 3.8) is 0 Å². The third kappa shape index (κ3) is 4.47. The van der Waals surface area contributed by atoms with Crippen LogP contribution in [0.3, 0.4) is 0 Å². The van der Waals surface area contributed by atoms with Crippen LogP contribution in [0.4, 0.5) is 0 Å². The lowest BCUT2D eigenvalue weighted by atomic mass is 9.96. The molecule has 0 saturated carbocycles. The smallest absolute Gasteiger partial charge is 0.338 e. The number of aromatic nitrogens is 1. The van der Waals surface area contributed by atoms with E-state index in [0.717, 1.165) is 5.56 Å². The van der Waals surface area contributed by atoms with Crippen molar-refractivity contribution in [3.05, 3.63) is 90.6 Å². The molecule has 0 unspecified atom stereocenters. The summed E-state index contributed by atoms with van der Waals surface area (Å²) in [6.07, 6.45) is 1.71. The number of nitrogens with zero attached hydrogens (tertiary/aromatic N) is 2. The molecular weight excluding hydrogens is 440 g/mol. The molecule has 1 atom stereocenters. The Labute approximate surface area is 194 Å². The number of phenols is 1. The van der Waals surface area contributed by atoms with Gasteiger partial charge < -0.3 is 14.6 Å². The Hall–Kier alpha value is -3.65. The van der Waals surface area contributed by atoms with Crippen molar-refractivity contribution in [1.29, 1.82) is 0 Å². The first-order chi connectivity index (χ1) is 15.9. The number of thiazole rings is 1. The number of hydrogen-bond acceptors (Lipinski definition) is 7. The van der Waals surface area contributed by atoms with E-state index in [1.54, 1.807) is 44.2 Å². The molecule has 0 bridgehead atoms. The van der Waals surface area contributed by atoms with Gasteiger partial charge in [0.25, 0.3) is 5.56 Å². The molecule has 170 valence electrons. The summed E-state index contributed by atoms with van der Waals surface area (Å²) in [7, 11) is 0. The number of fused-ring (bicyclic) bond motifs is 1. The highest BCUT2D eigenvalue weighted by Crippen LogP contribution is 2.31. The molecule has 8 heteroatoms. The first-order valence-corrected chi connectivity index (χ1v) is 11.5. The van der Waals surface area contributed by atoms with E-state index in [4.69, 9.17) is 9.47 Å². The predicted molar refractivity (Wildman–Crippen MR) is 126 cm³/mol. The monoisotopic (exact) mass is 464 g/mol. The summed E-state index contributed by atoms with van der Waals surface area (Å²) in [6, 6.07) is 13.3. The fourth-order valence-corrected chi connectivity index (χ4v) is 4.83. The number of rotatable bonds is 6. The fourth-order valence-electron chi connectivity index (χ4n) is 3.79. The maximum Gasteiger partial charge on any atom is 0.338 e. The first-order valence-electron chi connectivity index (χ1n) is 10.6. The number of aromatic hydroxyl groups is 1. The topological polar surface area (TPSA) is 90.1 Å². The highest BCUT2D eigenvalue weighted by Gasteiger charge is 2.33. The molecule has 0 fully saturated rings. The molecule has 33 heavy (non-hydrogen) atoms. The van der Waals surface area contributed by atoms with E-state index in [1.165, 1.54) is 15.9 Å². The number of benzene rings is 2. The molecule has 2 heterocycles. The van der Waals surface area contributed by atoms with Crippen molar-refractivity contribution in [2.24, 2.45) is 4.99 Å². The highest BCUT2D eigenvalue weighted by atomic mass is 32.1. The second kappa shape index (κ2) is 9.46. The largest absolute Gasteiger partial charge is 0.508 e. The SMILES string of the molecule is CCOC(=O)C1=C(C)N=c2s/c(=C\c3cccc(O)c3)c(=O)n2[C@H]1c1ccc(OCC)cc1. The van der Waals surface area contributed by atoms with E-state index in [9.17, 15) is 14.7 Å². The molecular formula is C25H24N2O5S. The molecule has 1 N–H and O–H groups in total. The number of hydrogen-bond donors (Lipinski definition) is 1. The number of ether oxygens (including phenoxy) is 2. The number of allylic oxidation sites excluding steroid dienone is 1. The molecule has 0 amide bonds. The normalized spacial score (nSPS) is 15.7. The Morgan fingerprint density at radius 2 is 1.94 bits per heavy atom. The summed E-state index contributed by atoms with van der Waals surface area (Å²) in [5, 5.41) is 9.77. The van der Waals surface area contributed by atoms with Gasteiger partial charge in [0.05, 0.1) is 35.1 Å². The van der Waals surface area contributed by atoms with Crippen molar-refractivity contribution in [2.75, 3.05) is 13.2 Å². The zero-order chi connectivity index (χ0) is 23.5. The van der Waals surface area contributed by atoms with E-state index in [2.05, 4.69) is 4.99 Å². The summed E-state index contributed by atoms with van der Waals surface area (Å²) in [5.41, 5.74) is 2.02. The van der Waals surface area contributed by atoms with Crippen LogP contribution in [0.15, 0.2) is 69.6 Å². The summed E-state index contributed by atoms with van der Waals surface area (Å²) in [6.45, 7) is 6.15. The number of phenolic OH excluding ortho intramolecular Hbond substituents is 1. The molecule has 1 aliphatic heterocycles. The minimum atomic E-state index is -0.678. The molecule has 1 aliphatic rings. The van der Waals surface area contributed by atoms with Crippen LogP contribution >= 0.6 is 11.3 Å². The molecule has 0 aliphatic carbocycles. The standard InChI is InChI=1S/C25H24N2O5S/c1-4-31-19-11-9-17(10-12-19)22-21(24(30)32-5-2)15(3)26-25-27(22)23(29)20(33-25)14-16-7-6-8-18(28)13-16/h6-14,22,28H,4-5H2,1-3H3/b20-14-/t22-/m0/s1. The third-order valence-electron chi connectivity index (χ3n) is 5.19. The predicted octanol–water partition coefficient (Wildman–Crippen LogP) is 2.90. The van der Waals surface area contributed by atoms with Gasteiger partial charge in [-0.2, -0.15) is 0 Å². The van der Waals surface area contributed by atoms with Gasteiger partial charge in [0.2, 0.25) is 0 Å². The second-order valence-electron chi connectivity index (χ2n) is 7.40. The zero-order valence-corrected chi connectivity index (χ0v) is 19.4. The fraction of sp³-hybridized carbons (Fsp3) is 0.240. The van der Waals surface area contributed by atoms with Crippen molar-refractivity contribution in [2.45, 2.75) is 26.8 Å². The van der Waals surface area contributed by atoms with Gasteiger partial charge in [-0.25, -0.2) is 9.79 Å². The van der Waals surface area contributed by atoms with Crippen LogP contribution < -0.4 is 19.6 Å². The Morgan fingerprint density at radius 1 is 1.18 bits per heavy atom. The van der Waals surface area contributed by atoms with E-state index in [1.807, 2.05) is 31.2 Å². The molecule has 7 nitrogen and oxygen atoms in total. The second-order valence-corrected chi connectivity index (χ2v) is 8.41. The van der Waals surface area contributed by atoms with Crippen LogP contribution in [-0.2, 0) is 9.53 Å². The lowest BCUT2D eigenvalue weighted by Crippen LogP contribution is -2.39. The van der Waals surface area contributed by atoms with Crippen LogP contribution in [-0.4, -0.2) is 28.9 Å². The van der Waals surface area contributed by atoms with Crippen LogP contribution in [0.25, 0.3) is 6.08 Å². The van der Waals surface area contributed by atoms with E-state index in [0.29, 0.717) is 38.5 Å². The van der Waals surface area contributed by atoms with Crippen LogP contribution in [0.2, 0.25) is 0 Å². The molecule has 2 aromatic carbocycles. The molecule has 0 spiro atoms. The van der Waals surface area contributed by atoms with Crippen molar-refractivity contribution >= 4 is 23.4 Å². The number of carbonyl (C=O) groups is 1. The summed E-state index contributed by atoms with van der Waals surface area (Å²) < 4.78 is 12.8. The quantitative estimate of drug-likeness (QED) is 0.567. The third-order valence-corrected chi connectivity index (χ3v) is 6.17. The minimum absolute atomic E-state index is 0.115. The van der Waals surface area contributed by atoms with Gasteiger partial charge in [-0.15, -0.1) is 0 Å². The number of esters is 1. The Bertz CT molecular complexity index is 1400. The van der Waals surface area contributed by atoms with Gasteiger partial charge in [-0.1, -0.05) is 35.6 Å². The van der Waals surface area contributed by atoms with E-state index >= 15 is 0 Å². The van der Waals surface area contributed by atoms with Gasteiger partial charge in [-0.05, 0) is 62.2 Å². The van der Waals surface area contributed by atoms with Gasteiger partial charge in [-0.3, -0.25) is 9.36 Å². The van der Waals surface area contributed by atoms with Gasteiger partial charge in [0, 0.05) is 0 Å². The minimum Gasteiger partial charge on any atom is -0.508 e. The zero-order valence-electron chi connectivity index (χ0n) is 18.6. The molecule has 3 aromatic rings. The molecule has 0 saturated heterocycles. The van der Waals surface area contributed by atoms with Crippen molar-refractivity contribution in [1.82, 2.24) is 4.57 Å². The average molecular weight is 465 g/mol. The van der Waals surface area contributed by atoms with Crippen LogP contribution in [0.1, 0.15) is 37.9 Å². The Kier molecular flexibility index (Phi) is 6.46. The summed E-state index contributed by atoms with van der Waals surface area (Å²) in [5.74, 6) is 0.319. The van der Waals surface area contributed by atoms with E-state index in [-0.39, 0.29) is 17.9 Å². The molecule has 4 rings (SSSR count). The van der Waals surface area contributed by atoms with Crippen LogP contribution in [0.5, 0.6) is 11.5 Å². The Morgan fingerprint density at radius 3 is 2.61 bits per heavy atom. The summed E-state index contributed by atoms with van der Waals surface area (Å²) >= 11 is 1.24. The highest BCUT2D eigenvalue weighted by molar-refractivity contribution is 7.07. The lowest BCUT2D eigenvalue weighted by molar-refractivity contribution is -0.139. The number of carbonyl (C=O) groups excluding carboxylic acids is 1. The maximum absolute atomic E-state index is 13.5. The Balaban J connectivity index is 1.92. The van der Waals surface area contributed by atoms with Crippen molar-refractivity contribution < 1.29 is 19.4 Å². The van der Waals surface area contributed by atoms with Crippen molar-refractivity contribution in [3.8, 4) is 11.5 Å². The molecule has 1 aromatic heterocycles. The van der Waals surface area contributed by atoms with Crippen LogP contribution in [0, 0.1) is 0 Å². The molecule has 0 radical (unpaired) electrons.